The van der Waals surface area contributed by atoms with Gasteiger partial charge in [-0.1, -0.05) is 19.1 Å². The Bertz CT molecular complexity index is 1010. The van der Waals surface area contributed by atoms with E-state index in [4.69, 9.17) is 4.74 Å². The summed E-state index contributed by atoms with van der Waals surface area (Å²) < 4.78 is 42.3. The molecule has 1 aromatic heterocycles. The smallest absolute Gasteiger partial charge is 0.401 e. The molecule has 1 aliphatic rings. The van der Waals surface area contributed by atoms with Crippen molar-refractivity contribution in [1.82, 2.24) is 0 Å². The lowest BCUT2D eigenvalue weighted by Gasteiger charge is -2.08. The van der Waals surface area contributed by atoms with Crippen molar-refractivity contribution in [2.24, 2.45) is 4.99 Å². The molecular weight excluding hydrogens is 393 g/mol. The first-order valence-electron chi connectivity index (χ1n) is 8.28. The van der Waals surface area contributed by atoms with E-state index in [9.17, 15) is 22.8 Å². The molecule has 1 amide bonds. The van der Waals surface area contributed by atoms with Crippen LogP contribution in [0.25, 0.3) is 6.08 Å². The quantitative estimate of drug-likeness (QED) is 0.600. The molecule has 1 N–H and O–H groups in total. The summed E-state index contributed by atoms with van der Waals surface area (Å²) in [5, 5.41) is 1.76. The maximum Gasteiger partial charge on any atom is 0.471 e. The van der Waals surface area contributed by atoms with Crippen LogP contribution in [0.2, 0.25) is 0 Å². The van der Waals surface area contributed by atoms with Gasteiger partial charge in [0, 0.05) is 10.6 Å². The second kappa shape index (κ2) is 7.59. The van der Waals surface area contributed by atoms with E-state index in [0.717, 1.165) is 16.9 Å². The third-order valence-corrected chi connectivity index (χ3v) is 5.25. The van der Waals surface area contributed by atoms with Crippen molar-refractivity contribution in [3.8, 4) is 0 Å². The van der Waals surface area contributed by atoms with Gasteiger partial charge in [-0.25, -0.2) is 9.79 Å². The standard InChI is InChI=1S/C19H15F3N2O3S/c1-3-14-10(2)7-15(28-14)16-24-13(17(25)27-16)9-11-5-4-6-12(8-11)23-18(26)19(20,21)22/h4-9H,3H2,1-2H3,(H,23,26)/b13-9-. The Morgan fingerprint density at radius 1 is 1.32 bits per heavy atom. The number of carbonyl (C=O) groups is 2. The fourth-order valence-corrected chi connectivity index (χ4v) is 3.60. The Kier molecular flexibility index (Phi) is 5.37. The van der Waals surface area contributed by atoms with Crippen LogP contribution in [-0.4, -0.2) is 24.0 Å². The number of hydrogen-bond donors (Lipinski definition) is 1. The number of cyclic esters (lactones) is 1. The molecule has 0 spiro atoms. The number of esters is 1. The monoisotopic (exact) mass is 408 g/mol. The van der Waals surface area contributed by atoms with E-state index in [1.807, 2.05) is 19.9 Å². The van der Waals surface area contributed by atoms with E-state index >= 15 is 0 Å². The van der Waals surface area contributed by atoms with Gasteiger partial charge in [-0.3, -0.25) is 4.79 Å². The molecule has 5 nitrogen and oxygen atoms in total. The minimum absolute atomic E-state index is 0.0263. The number of aliphatic imine (C=N–C) groups is 1. The SMILES string of the molecule is CCc1sc(C2=N/C(=C\c3cccc(NC(=O)C(F)(F)F)c3)C(=O)O2)cc1C. The molecule has 0 saturated heterocycles. The van der Waals surface area contributed by atoms with E-state index in [0.29, 0.717) is 5.56 Å². The average Bonchev–Trinajstić information content (AvgIpc) is 3.17. The van der Waals surface area contributed by atoms with Crippen LogP contribution >= 0.6 is 11.3 Å². The van der Waals surface area contributed by atoms with Crippen LogP contribution in [0, 0.1) is 6.92 Å². The summed E-state index contributed by atoms with van der Waals surface area (Å²) in [5.41, 5.74) is 1.47. The summed E-state index contributed by atoms with van der Waals surface area (Å²) in [6.07, 6.45) is -2.74. The molecule has 1 aromatic carbocycles. The summed E-state index contributed by atoms with van der Waals surface area (Å²) in [6, 6.07) is 7.54. The lowest BCUT2D eigenvalue weighted by Crippen LogP contribution is -2.29. The maximum absolute atomic E-state index is 12.4. The van der Waals surface area contributed by atoms with Crippen molar-refractivity contribution < 1.29 is 27.5 Å². The number of nitrogens with zero attached hydrogens (tertiary/aromatic N) is 1. The topological polar surface area (TPSA) is 67.8 Å². The molecule has 1 aliphatic heterocycles. The van der Waals surface area contributed by atoms with Crippen molar-refractivity contribution >= 4 is 40.9 Å². The number of ether oxygens (including phenoxy) is 1. The number of alkyl halides is 3. The number of amides is 1. The van der Waals surface area contributed by atoms with Gasteiger partial charge in [-0.05, 0) is 48.7 Å². The minimum atomic E-state index is -4.99. The number of rotatable bonds is 4. The van der Waals surface area contributed by atoms with E-state index in [1.54, 1.807) is 11.4 Å². The highest BCUT2D eigenvalue weighted by Crippen LogP contribution is 2.27. The third-order valence-electron chi connectivity index (χ3n) is 3.88. The number of anilines is 1. The number of benzene rings is 1. The Morgan fingerprint density at radius 2 is 2.07 bits per heavy atom. The van der Waals surface area contributed by atoms with Gasteiger partial charge in [0.25, 0.3) is 0 Å². The molecule has 0 saturated carbocycles. The summed E-state index contributed by atoms with van der Waals surface area (Å²) in [5.74, 6) is -2.52. The second-order valence-corrected chi connectivity index (χ2v) is 7.12. The van der Waals surface area contributed by atoms with Crippen LogP contribution in [0.15, 0.2) is 41.0 Å². The third kappa shape index (κ3) is 4.30. The lowest BCUT2D eigenvalue weighted by molar-refractivity contribution is -0.167. The second-order valence-electron chi connectivity index (χ2n) is 5.98. The molecule has 0 aliphatic carbocycles. The Labute approximate surface area is 162 Å². The van der Waals surface area contributed by atoms with Gasteiger partial charge < -0.3 is 10.1 Å². The molecule has 2 aromatic rings. The van der Waals surface area contributed by atoms with Crippen molar-refractivity contribution in [2.45, 2.75) is 26.4 Å². The summed E-state index contributed by atoms with van der Waals surface area (Å²) in [6.45, 7) is 3.99. The van der Waals surface area contributed by atoms with Crippen molar-refractivity contribution in [3.63, 3.8) is 0 Å². The zero-order valence-electron chi connectivity index (χ0n) is 14.9. The predicted molar refractivity (Wildman–Crippen MR) is 100 cm³/mol. The fourth-order valence-electron chi connectivity index (χ4n) is 2.56. The number of hydrogen-bond acceptors (Lipinski definition) is 5. The molecule has 146 valence electrons. The van der Waals surface area contributed by atoms with Crippen molar-refractivity contribution in [2.75, 3.05) is 5.32 Å². The number of aryl methyl sites for hydroxylation is 2. The normalized spacial score (nSPS) is 15.5. The van der Waals surface area contributed by atoms with Crippen molar-refractivity contribution in [1.29, 1.82) is 0 Å². The van der Waals surface area contributed by atoms with E-state index in [-0.39, 0.29) is 17.3 Å². The van der Waals surface area contributed by atoms with Crippen LogP contribution < -0.4 is 5.32 Å². The van der Waals surface area contributed by atoms with Gasteiger partial charge in [0.2, 0.25) is 5.90 Å². The van der Waals surface area contributed by atoms with E-state index in [2.05, 4.69) is 4.99 Å². The molecule has 28 heavy (non-hydrogen) atoms. The first-order valence-corrected chi connectivity index (χ1v) is 9.09. The molecule has 3 rings (SSSR count). The van der Waals surface area contributed by atoms with Gasteiger partial charge in [-0.15, -0.1) is 11.3 Å². The molecule has 2 heterocycles. The lowest BCUT2D eigenvalue weighted by atomic mass is 10.1. The summed E-state index contributed by atoms with van der Waals surface area (Å²) in [4.78, 5) is 29.3. The highest BCUT2D eigenvalue weighted by molar-refractivity contribution is 7.14. The van der Waals surface area contributed by atoms with Gasteiger partial charge in [0.15, 0.2) is 5.70 Å². The Morgan fingerprint density at radius 3 is 2.71 bits per heavy atom. The molecular formula is C19H15F3N2O3S. The molecule has 0 atom stereocenters. The number of nitrogens with one attached hydrogen (secondary N) is 1. The predicted octanol–water partition coefficient (Wildman–Crippen LogP) is 4.46. The van der Waals surface area contributed by atoms with Crippen LogP contribution in [0.1, 0.15) is 27.8 Å². The average molecular weight is 408 g/mol. The highest BCUT2D eigenvalue weighted by Gasteiger charge is 2.38. The van der Waals surface area contributed by atoms with Gasteiger partial charge >= 0.3 is 18.1 Å². The zero-order valence-corrected chi connectivity index (χ0v) is 15.7. The Hall–Kier alpha value is -2.94. The van der Waals surface area contributed by atoms with Crippen LogP contribution in [0.3, 0.4) is 0 Å². The first kappa shape index (κ1) is 19.8. The van der Waals surface area contributed by atoms with Gasteiger partial charge in [0.05, 0.1) is 4.88 Å². The number of halogens is 3. The number of thiophene rings is 1. The van der Waals surface area contributed by atoms with E-state index in [1.165, 1.54) is 40.5 Å². The minimum Gasteiger partial charge on any atom is -0.401 e. The molecule has 0 fully saturated rings. The largest absolute Gasteiger partial charge is 0.471 e. The summed E-state index contributed by atoms with van der Waals surface area (Å²) >= 11 is 1.49. The van der Waals surface area contributed by atoms with E-state index < -0.39 is 18.1 Å². The first-order chi connectivity index (χ1) is 13.2. The number of carbonyl (C=O) groups excluding carboxylic acids is 2. The molecule has 0 radical (unpaired) electrons. The molecule has 0 bridgehead atoms. The van der Waals surface area contributed by atoms with Crippen LogP contribution in [-0.2, 0) is 20.7 Å². The van der Waals surface area contributed by atoms with Crippen LogP contribution in [0.5, 0.6) is 0 Å². The molecule has 0 unspecified atom stereocenters. The fraction of sp³-hybridized carbons (Fsp3) is 0.211. The van der Waals surface area contributed by atoms with Gasteiger partial charge in [0.1, 0.15) is 0 Å². The van der Waals surface area contributed by atoms with Crippen LogP contribution in [0.4, 0.5) is 18.9 Å². The maximum atomic E-state index is 12.4. The highest BCUT2D eigenvalue weighted by atomic mass is 32.1. The van der Waals surface area contributed by atoms with Crippen molar-refractivity contribution in [3.05, 3.63) is 56.9 Å². The summed E-state index contributed by atoms with van der Waals surface area (Å²) in [7, 11) is 0. The Balaban J connectivity index is 1.84. The van der Waals surface area contributed by atoms with Gasteiger partial charge in [-0.2, -0.15) is 13.2 Å². The molecule has 9 heteroatoms. The zero-order chi connectivity index (χ0) is 20.5.